The van der Waals surface area contributed by atoms with Crippen molar-refractivity contribution in [2.24, 2.45) is 0 Å². The standard InChI is InChI=1S/C10H13BrN2/c1-12-9-5-7-4-8(11)2-3-10(7)13-6-9/h2-4,9,12-13H,5-6H2,1H3. The minimum atomic E-state index is 0.557. The summed E-state index contributed by atoms with van der Waals surface area (Å²) < 4.78 is 1.16. The quantitative estimate of drug-likeness (QED) is 0.785. The molecule has 0 aliphatic carbocycles. The number of likely N-dealkylation sites (N-methyl/N-ethyl adjacent to an activating group) is 1. The van der Waals surface area contributed by atoms with Crippen LogP contribution in [0.3, 0.4) is 0 Å². The molecule has 1 unspecified atom stereocenters. The first-order chi connectivity index (χ1) is 6.29. The average Bonchev–Trinajstić information content (AvgIpc) is 2.16. The molecule has 70 valence electrons. The normalized spacial score (nSPS) is 20.6. The van der Waals surface area contributed by atoms with Crippen molar-refractivity contribution in [1.29, 1.82) is 0 Å². The Morgan fingerprint density at radius 1 is 1.54 bits per heavy atom. The summed E-state index contributed by atoms with van der Waals surface area (Å²) >= 11 is 3.48. The fraction of sp³-hybridized carbons (Fsp3) is 0.400. The van der Waals surface area contributed by atoms with Gasteiger partial charge < -0.3 is 10.6 Å². The number of nitrogens with one attached hydrogen (secondary N) is 2. The van der Waals surface area contributed by atoms with Gasteiger partial charge in [-0.2, -0.15) is 0 Å². The van der Waals surface area contributed by atoms with Crippen molar-refractivity contribution >= 4 is 21.6 Å². The highest BCUT2D eigenvalue weighted by Gasteiger charge is 2.15. The van der Waals surface area contributed by atoms with Crippen molar-refractivity contribution in [1.82, 2.24) is 5.32 Å². The lowest BCUT2D eigenvalue weighted by Crippen LogP contribution is -2.38. The molecule has 0 bridgehead atoms. The van der Waals surface area contributed by atoms with Crippen LogP contribution >= 0.6 is 15.9 Å². The SMILES string of the molecule is CNC1CNc2ccc(Br)cc2C1. The highest BCUT2D eigenvalue weighted by atomic mass is 79.9. The molecule has 1 atom stereocenters. The molecule has 1 aromatic carbocycles. The van der Waals surface area contributed by atoms with E-state index in [0.717, 1.165) is 17.4 Å². The average molecular weight is 241 g/mol. The van der Waals surface area contributed by atoms with Crippen LogP contribution in [0.5, 0.6) is 0 Å². The van der Waals surface area contributed by atoms with Crippen LogP contribution < -0.4 is 10.6 Å². The van der Waals surface area contributed by atoms with E-state index >= 15 is 0 Å². The Labute approximate surface area is 86.9 Å². The predicted molar refractivity (Wildman–Crippen MR) is 59.2 cm³/mol. The van der Waals surface area contributed by atoms with Crippen molar-refractivity contribution in [2.75, 3.05) is 18.9 Å². The lowest BCUT2D eigenvalue weighted by atomic mass is 10.00. The third kappa shape index (κ3) is 1.86. The minimum Gasteiger partial charge on any atom is -0.383 e. The van der Waals surface area contributed by atoms with Gasteiger partial charge in [-0.25, -0.2) is 0 Å². The van der Waals surface area contributed by atoms with Crippen LogP contribution in [0.15, 0.2) is 22.7 Å². The van der Waals surface area contributed by atoms with E-state index in [1.807, 2.05) is 7.05 Å². The molecule has 0 fully saturated rings. The summed E-state index contributed by atoms with van der Waals surface area (Å²) in [5.41, 5.74) is 2.66. The molecule has 13 heavy (non-hydrogen) atoms. The van der Waals surface area contributed by atoms with Crippen LogP contribution in [0.25, 0.3) is 0 Å². The first-order valence-corrected chi connectivity index (χ1v) is 5.28. The maximum Gasteiger partial charge on any atom is 0.0374 e. The van der Waals surface area contributed by atoms with Gasteiger partial charge in [0, 0.05) is 22.7 Å². The maximum absolute atomic E-state index is 3.48. The van der Waals surface area contributed by atoms with Gasteiger partial charge in [-0.05, 0) is 37.2 Å². The third-order valence-electron chi connectivity index (χ3n) is 2.48. The third-order valence-corrected chi connectivity index (χ3v) is 2.97. The van der Waals surface area contributed by atoms with Crippen LogP contribution in [0.1, 0.15) is 5.56 Å². The largest absolute Gasteiger partial charge is 0.383 e. The van der Waals surface area contributed by atoms with E-state index in [9.17, 15) is 0 Å². The Morgan fingerprint density at radius 2 is 2.38 bits per heavy atom. The lowest BCUT2D eigenvalue weighted by Gasteiger charge is -2.25. The predicted octanol–water partition coefficient (Wildman–Crippen LogP) is 2.01. The van der Waals surface area contributed by atoms with Gasteiger partial charge in [0.1, 0.15) is 0 Å². The van der Waals surface area contributed by atoms with E-state index in [4.69, 9.17) is 0 Å². The molecule has 0 spiro atoms. The molecule has 1 heterocycles. The molecule has 0 saturated heterocycles. The van der Waals surface area contributed by atoms with E-state index in [0.29, 0.717) is 6.04 Å². The number of hydrogen-bond donors (Lipinski definition) is 2. The van der Waals surface area contributed by atoms with Crippen LogP contribution in [-0.2, 0) is 6.42 Å². The van der Waals surface area contributed by atoms with E-state index in [2.05, 4.69) is 44.8 Å². The summed E-state index contributed by atoms with van der Waals surface area (Å²) in [7, 11) is 2.01. The summed E-state index contributed by atoms with van der Waals surface area (Å²) in [5.74, 6) is 0. The topological polar surface area (TPSA) is 24.1 Å². The second-order valence-electron chi connectivity index (χ2n) is 3.37. The monoisotopic (exact) mass is 240 g/mol. The zero-order valence-corrected chi connectivity index (χ0v) is 9.19. The van der Waals surface area contributed by atoms with E-state index in [1.165, 1.54) is 11.3 Å². The number of halogens is 1. The number of rotatable bonds is 1. The molecule has 1 aliphatic heterocycles. The van der Waals surface area contributed by atoms with Crippen LogP contribution in [0, 0.1) is 0 Å². The van der Waals surface area contributed by atoms with E-state index in [1.54, 1.807) is 0 Å². The Balaban J connectivity index is 2.27. The van der Waals surface area contributed by atoms with E-state index in [-0.39, 0.29) is 0 Å². The van der Waals surface area contributed by atoms with Crippen LogP contribution in [-0.4, -0.2) is 19.6 Å². The molecule has 2 N–H and O–H groups in total. The molecule has 2 rings (SSSR count). The second kappa shape index (κ2) is 3.68. The lowest BCUT2D eigenvalue weighted by molar-refractivity contribution is 0.570. The minimum absolute atomic E-state index is 0.557. The van der Waals surface area contributed by atoms with Crippen molar-refractivity contribution in [2.45, 2.75) is 12.5 Å². The second-order valence-corrected chi connectivity index (χ2v) is 4.29. The highest BCUT2D eigenvalue weighted by molar-refractivity contribution is 9.10. The molecular formula is C10H13BrN2. The van der Waals surface area contributed by atoms with Gasteiger partial charge in [-0.3, -0.25) is 0 Å². The number of benzene rings is 1. The van der Waals surface area contributed by atoms with Gasteiger partial charge in [-0.15, -0.1) is 0 Å². The fourth-order valence-electron chi connectivity index (χ4n) is 1.68. The number of anilines is 1. The van der Waals surface area contributed by atoms with Crippen molar-refractivity contribution in [3.63, 3.8) is 0 Å². The summed E-state index contributed by atoms with van der Waals surface area (Å²) in [6, 6.07) is 6.95. The maximum atomic E-state index is 3.48. The molecule has 3 heteroatoms. The Hall–Kier alpha value is -0.540. The smallest absolute Gasteiger partial charge is 0.0374 e. The van der Waals surface area contributed by atoms with Crippen LogP contribution in [0.2, 0.25) is 0 Å². The fourth-order valence-corrected chi connectivity index (χ4v) is 2.09. The summed E-state index contributed by atoms with van der Waals surface area (Å²) in [5, 5.41) is 6.69. The van der Waals surface area contributed by atoms with Crippen molar-refractivity contribution < 1.29 is 0 Å². The first kappa shape index (κ1) is 9.03. The van der Waals surface area contributed by atoms with Gasteiger partial charge in [-0.1, -0.05) is 15.9 Å². The Bertz CT molecular complexity index is 312. The Kier molecular flexibility index (Phi) is 2.56. The van der Waals surface area contributed by atoms with Gasteiger partial charge in [0.15, 0.2) is 0 Å². The highest BCUT2D eigenvalue weighted by Crippen LogP contribution is 2.25. The van der Waals surface area contributed by atoms with Gasteiger partial charge in [0.05, 0.1) is 0 Å². The number of hydrogen-bond acceptors (Lipinski definition) is 2. The zero-order chi connectivity index (χ0) is 9.26. The van der Waals surface area contributed by atoms with Crippen molar-refractivity contribution in [3.05, 3.63) is 28.2 Å². The molecule has 0 aromatic heterocycles. The molecule has 1 aromatic rings. The summed E-state index contributed by atoms with van der Waals surface area (Å²) in [4.78, 5) is 0. The van der Waals surface area contributed by atoms with Crippen molar-refractivity contribution in [3.8, 4) is 0 Å². The van der Waals surface area contributed by atoms with Gasteiger partial charge in [0.2, 0.25) is 0 Å². The molecule has 0 radical (unpaired) electrons. The summed E-state index contributed by atoms with van der Waals surface area (Å²) in [6.45, 7) is 1.02. The van der Waals surface area contributed by atoms with E-state index < -0.39 is 0 Å². The first-order valence-electron chi connectivity index (χ1n) is 4.49. The van der Waals surface area contributed by atoms with Gasteiger partial charge in [0.25, 0.3) is 0 Å². The summed E-state index contributed by atoms with van der Waals surface area (Å²) in [6.07, 6.45) is 1.11. The molecule has 2 nitrogen and oxygen atoms in total. The molecule has 1 aliphatic rings. The van der Waals surface area contributed by atoms with Crippen LogP contribution in [0.4, 0.5) is 5.69 Å². The number of fused-ring (bicyclic) bond motifs is 1. The molecule has 0 amide bonds. The zero-order valence-electron chi connectivity index (χ0n) is 7.60. The van der Waals surface area contributed by atoms with Gasteiger partial charge >= 0.3 is 0 Å². The Morgan fingerprint density at radius 3 is 3.15 bits per heavy atom. The molecular weight excluding hydrogens is 228 g/mol. The molecule has 0 saturated carbocycles.